The Morgan fingerprint density at radius 2 is 2.16 bits per heavy atom. The molecule has 19 heavy (non-hydrogen) atoms. The summed E-state index contributed by atoms with van der Waals surface area (Å²) in [6.45, 7) is -0.0432. The average Bonchev–Trinajstić information content (AvgIpc) is 2.94. The Hall–Kier alpha value is -1.77. The molecule has 0 saturated heterocycles. The highest BCUT2D eigenvalue weighted by Gasteiger charge is 2.41. The predicted molar refractivity (Wildman–Crippen MR) is 67.9 cm³/mol. The first-order valence-corrected chi connectivity index (χ1v) is 6.11. The van der Waals surface area contributed by atoms with Crippen molar-refractivity contribution in [3.8, 4) is 0 Å². The highest BCUT2D eigenvalue weighted by molar-refractivity contribution is 5.81. The second-order valence-electron chi connectivity index (χ2n) is 4.90. The number of hydrogen-bond acceptors (Lipinski definition) is 7. The van der Waals surface area contributed by atoms with Gasteiger partial charge in [-0.25, -0.2) is 15.0 Å². The third-order valence-electron chi connectivity index (χ3n) is 3.86. The predicted octanol–water partition coefficient (Wildman–Crippen LogP) is -1.35. The van der Waals surface area contributed by atoms with Crippen LogP contribution in [0.5, 0.6) is 0 Å². The fraction of sp³-hybridized carbons (Fsp3) is 0.545. The number of anilines is 1. The molecule has 2 aromatic heterocycles. The number of imidazole rings is 1. The number of aliphatic hydroxyl groups is 2. The van der Waals surface area contributed by atoms with E-state index in [9.17, 15) is 10.2 Å². The fourth-order valence-corrected chi connectivity index (χ4v) is 2.73. The standard InChI is InChI=1S/C11H16N6O2/c12-7-5(2-18)1-6(9(7)19)17-4-16-8-10(13)14-3-15-11(8)17/h3-7,9,18-19H,1-2,12H2,(H2,13,14,15)/t5-,6-,7-,9-/m1/s1. The van der Waals surface area contributed by atoms with Gasteiger partial charge in [-0.1, -0.05) is 0 Å². The van der Waals surface area contributed by atoms with Gasteiger partial charge >= 0.3 is 0 Å². The molecule has 6 N–H and O–H groups in total. The minimum atomic E-state index is -0.745. The fourth-order valence-electron chi connectivity index (χ4n) is 2.73. The van der Waals surface area contributed by atoms with E-state index in [4.69, 9.17) is 11.5 Å². The van der Waals surface area contributed by atoms with Crippen LogP contribution < -0.4 is 11.5 Å². The van der Waals surface area contributed by atoms with Crippen molar-refractivity contribution in [2.75, 3.05) is 12.3 Å². The van der Waals surface area contributed by atoms with E-state index >= 15 is 0 Å². The Morgan fingerprint density at radius 1 is 1.37 bits per heavy atom. The number of nitrogen functional groups attached to an aromatic ring is 1. The molecule has 0 radical (unpaired) electrons. The topological polar surface area (TPSA) is 136 Å². The molecule has 2 aromatic rings. The van der Waals surface area contributed by atoms with Crippen molar-refractivity contribution < 1.29 is 10.2 Å². The SMILES string of the molecule is Nc1ncnc2c1ncn2[C@@H]1C[C@H](CO)[C@@H](N)[C@@H]1O. The summed E-state index contributed by atoms with van der Waals surface area (Å²) in [4.78, 5) is 12.2. The minimum Gasteiger partial charge on any atom is -0.396 e. The molecule has 2 heterocycles. The maximum absolute atomic E-state index is 10.2. The number of nitrogens with two attached hydrogens (primary N) is 2. The van der Waals surface area contributed by atoms with Crippen LogP contribution in [0, 0.1) is 5.92 Å². The summed E-state index contributed by atoms with van der Waals surface area (Å²) >= 11 is 0. The molecule has 1 aliphatic carbocycles. The molecule has 1 fully saturated rings. The van der Waals surface area contributed by atoms with Crippen LogP contribution >= 0.6 is 0 Å². The lowest BCUT2D eigenvalue weighted by atomic mass is 10.1. The Morgan fingerprint density at radius 3 is 2.84 bits per heavy atom. The van der Waals surface area contributed by atoms with Gasteiger partial charge in [-0.2, -0.15) is 0 Å². The van der Waals surface area contributed by atoms with Crippen LogP contribution in [0.4, 0.5) is 5.82 Å². The molecule has 102 valence electrons. The lowest BCUT2D eigenvalue weighted by Crippen LogP contribution is -2.38. The Bertz CT molecular complexity index is 600. The molecule has 0 aliphatic heterocycles. The van der Waals surface area contributed by atoms with Crippen molar-refractivity contribution in [1.29, 1.82) is 0 Å². The van der Waals surface area contributed by atoms with Crippen molar-refractivity contribution in [2.24, 2.45) is 11.7 Å². The molecule has 0 amide bonds. The van der Waals surface area contributed by atoms with E-state index in [1.807, 2.05) is 0 Å². The summed E-state index contributed by atoms with van der Waals surface area (Å²) in [6.07, 6.45) is 2.77. The van der Waals surface area contributed by atoms with Crippen LogP contribution in [0.1, 0.15) is 12.5 Å². The van der Waals surface area contributed by atoms with E-state index in [0.717, 1.165) is 0 Å². The molecule has 0 bridgehead atoms. The van der Waals surface area contributed by atoms with Crippen molar-refractivity contribution in [3.05, 3.63) is 12.7 Å². The van der Waals surface area contributed by atoms with Crippen molar-refractivity contribution in [1.82, 2.24) is 19.5 Å². The quantitative estimate of drug-likeness (QED) is 0.526. The molecule has 1 aliphatic rings. The Balaban J connectivity index is 2.04. The van der Waals surface area contributed by atoms with E-state index in [1.54, 1.807) is 10.9 Å². The molecule has 3 rings (SSSR count). The van der Waals surface area contributed by atoms with Gasteiger partial charge < -0.3 is 26.2 Å². The Labute approximate surface area is 109 Å². The normalized spacial score (nSPS) is 31.1. The summed E-state index contributed by atoms with van der Waals surface area (Å²) in [7, 11) is 0. The molecular formula is C11H16N6O2. The van der Waals surface area contributed by atoms with Crippen LogP contribution in [0.15, 0.2) is 12.7 Å². The molecule has 4 atom stereocenters. The van der Waals surface area contributed by atoms with Gasteiger partial charge in [-0.05, 0) is 6.42 Å². The third-order valence-corrected chi connectivity index (χ3v) is 3.86. The van der Waals surface area contributed by atoms with Crippen LogP contribution in [-0.2, 0) is 0 Å². The summed E-state index contributed by atoms with van der Waals surface area (Å²) in [5.41, 5.74) is 12.7. The minimum absolute atomic E-state index is 0.0432. The van der Waals surface area contributed by atoms with Crippen LogP contribution in [0.2, 0.25) is 0 Å². The van der Waals surface area contributed by atoms with Crippen molar-refractivity contribution in [3.63, 3.8) is 0 Å². The zero-order valence-corrected chi connectivity index (χ0v) is 10.2. The first kappa shape index (κ1) is 12.3. The van der Waals surface area contributed by atoms with E-state index in [1.165, 1.54) is 6.33 Å². The highest BCUT2D eigenvalue weighted by atomic mass is 16.3. The zero-order chi connectivity index (χ0) is 13.6. The second-order valence-corrected chi connectivity index (χ2v) is 4.90. The smallest absolute Gasteiger partial charge is 0.165 e. The van der Waals surface area contributed by atoms with E-state index in [0.29, 0.717) is 23.4 Å². The van der Waals surface area contributed by atoms with E-state index in [-0.39, 0.29) is 18.6 Å². The third kappa shape index (κ3) is 1.76. The lowest BCUT2D eigenvalue weighted by molar-refractivity contribution is 0.113. The van der Waals surface area contributed by atoms with Gasteiger partial charge in [0.1, 0.15) is 11.8 Å². The van der Waals surface area contributed by atoms with Gasteiger partial charge in [0, 0.05) is 18.6 Å². The average molecular weight is 264 g/mol. The number of aliphatic hydroxyl groups excluding tert-OH is 2. The van der Waals surface area contributed by atoms with Gasteiger partial charge in [0.25, 0.3) is 0 Å². The van der Waals surface area contributed by atoms with Crippen molar-refractivity contribution in [2.45, 2.75) is 24.6 Å². The maximum atomic E-state index is 10.2. The second kappa shape index (κ2) is 4.41. The largest absolute Gasteiger partial charge is 0.396 e. The van der Waals surface area contributed by atoms with E-state index in [2.05, 4.69) is 15.0 Å². The maximum Gasteiger partial charge on any atom is 0.165 e. The molecular weight excluding hydrogens is 248 g/mol. The number of hydrogen-bond donors (Lipinski definition) is 4. The van der Waals surface area contributed by atoms with Gasteiger partial charge in [0.15, 0.2) is 11.5 Å². The number of rotatable bonds is 2. The van der Waals surface area contributed by atoms with E-state index < -0.39 is 12.1 Å². The van der Waals surface area contributed by atoms with Crippen LogP contribution in [-0.4, -0.2) is 48.5 Å². The Kier molecular flexibility index (Phi) is 2.85. The summed E-state index contributed by atoms with van der Waals surface area (Å²) in [5.74, 6) is 0.177. The monoisotopic (exact) mass is 264 g/mol. The summed E-state index contributed by atoms with van der Waals surface area (Å²) in [5, 5.41) is 19.5. The van der Waals surface area contributed by atoms with Gasteiger partial charge in [-0.15, -0.1) is 0 Å². The van der Waals surface area contributed by atoms with Gasteiger partial charge in [-0.3, -0.25) is 0 Å². The number of nitrogens with zero attached hydrogens (tertiary/aromatic N) is 4. The summed E-state index contributed by atoms with van der Waals surface area (Å²) in [6, 6.07) is -0.710. The number of fused-ring (bicyclic) bond motifs is 1. The molecule has 0 unspecified atom stereocenters. The molecule has 8 heteroatoms. The molecule has 1 saturated carbocycles. The number of aromatic nitrogens is 4. The van der Waals surface area contributed by atoms with Crippen LogP contribution in [0.3, 0.4) is 0 Å². The zero-order valence-electron chi connectivity index (χ0n) is 10.2. The first-order valence-electron chi connectivity index (χ1n) is 6.11. The summed E-state index contributed by atoms with van der Waals surface area (Å²) < 4.78 is 1.76. The van der Waals surface area contributed by atoms with Gasteiger partial charge in [0.2, 0.25) is 0 Å². The molecule has 8 nitrogen and oxygen atoms in total. The lowest BCUT2D eigenvalue weighted by Gasteiger charge is -2.18. The first-order chi connectivity index (χ1) is 9.13. The molecule has 0 spiro atoms. The molecule has 0 aromatic carbocycles. The van der Waals surface area contributed by atoms with Crippen molar-refractivity contribution >= 4 is 17.0 Å². The van der Waals surface area contributed by atoms with Crippen LogP contribution in [0.25, 0.3) is 11.2 Å². The highest BCUT2D eigenvalue weighted by Crippen LogP contribution is 2.35. The van der Waals surface area contributed by atoms with Gasteiger partial charge in [0.05, 0.1) is 18.5 Å².